The fourth-order valence-electron chi connectivity index (χ4n) is 2.04. The van der Waals surface area contributed by atoms with Gasteiger partial charge in [-0.05, 0) is 22.6 Å². The lowest BCUT2D eigenvalue weighted by atomic mass is 9.94. The minimum absolute atomic E-state index is 0.0335. The Labute approximate surface area is 107 Å². The van der Waals surface area contributed by atoms with Gasteiger partial charge in [0.1, 0.15) is 0 Å². The molecule has 0 radical (unpaired) electrons. The summed E-state index contributed by atoms with van der Waals surface area (Å²) in [6, 6.07) is 18.2. The second kappa shape index (κ2) is 5.50. The average Bonchev–Trinajstić information content (AvgIpc) is 2.39. The summed E-state index contributed by atoms with van der Waals surface area (Å²) >= 11 is 0. The zero-order valence-corrected chi connectivity index (χ0v) is 10.3. The fraction of sp³-hybridized carbons (Fsp3) is 0.188. The maximum atomic E-state index is 10.7. The molecule has 0 aromatic heterocycles. The molecule has 2 heteroatoms. The number of hydrogen-bond acceptors (Lipinski definition) is 1. The summed E-state index contributed by atoms with van der Waals surface area (Å²) < 4.78 is 0. The van der Waals surface area contributed by atoms with Gasteiger partial charge < -0.3 is 5.11 Å². The van der Waals surface area contributed by atoms with Gasteiger partial charge in [0.25, 0.3) is 0 Å². The summed E-state index contributed by atoms with van der Waals surface area (Å²) in [6.45, 7) is 1.94. The van der Waals surface area contributed by atoms with Gasteiger partial charge in [-0.1, -0.05) is 61.5 Å². The number of hydrogen-bond donors (Lipinski definition) is 1. The number of benzene rings is 2. The molecule has 0 saturated carbocycles. The monoisotopic (exact) mass is 240 g/mol. The summed E-state index contributed by atoms with van der Waals surface area (Å²) in [4.78, 5) is 10.7. The number of rotatable bonds is 4. The van der Waals surface area contributed by atoms with Crippen LogP contribution in [0.15, 0.2) is 54.6 Å². The third-order valence-corrected chi connectivity index (χ3v) is 3.04. The molecule has 0 spiro atoms. The Morgan fingerprint density at radius 2 is 1.72 bits per heavy atom. The molecule has 18 heavy (non-hydrogen) atoms. The zero-order valence-electron chi connectivity index (χ0n) is 10.3. The summed E-state index contributed by atoms with van der Waals surface area (Å²) in [5.74, 6) is -0.723. The topological polar surface area (TPSA) is 37.3 Å². The molecule has 0 aliphatic carbocycles. The first-order valence-electron chi connectivity index (χ1n) is 6.04. The molecule has 2 aromatic carbocycles. The normalized spacial score (nSPS) is 12.1. The van der Waals surface area contributed by atoms with Gasteiger partial charge in [-0.2, -0.15) is 0 Å². The van der Waals surface area contributed by atoms with Crippen molar-refractivity contribution in [1.82, 2.24) is 0 Å². The van der Waals surface area contributed by atoms with Gasteiger partial charge in [0.15, 0.2) is 0 Å². The highest BCUT2D eigenvalue weighted by Gasteiger charge is 2.10. The molecule has 0 aliphatic heterocycles. The highest BCUT2D eigenvalue weighted by Crippen LogP contribution is 2.25. The largest absolute Gasteiger partial charge is 0.481 e. The lowest BCUT2D eigenvalue weighted by Crippen LogP contribution is -2.02. The van der Waals surface area contributed by atoms with Gasteiger partial charge in [0, 0.05) is 0 Å². The third-order valence-electron chi connectivity index (χ3n) is 3.04. The molecule has 2 rings (SSSR count). The van der Waals surface area contributed by atoms with Gasteiger partial charge in [0.2, 0.25) is 0 Å². The number of carboxylic acid groups (broad SMARTS) is 1. The highest BCUT2D eigenvalue weighted by atomic mass is 16.4. The molecule has 0 amide bonds. The highest BCUT2D eigenvalue weighted by molar-refractivity contribution is 5.69. The van der Waals surface area contributed by atoms with E-state index in [0.717, 1.165) is 16.7 Å². The molecule has 0 saturated heterocycles. The van der Waals surface area contributed by atoms with Crippen LogP contribution in [0.3, 0.4) is 0 Å². The van der Waals surface area contributed by atoms with Crippen LogP contribution in [-0.2, 0) is 4.79 Å². The van der Waals surface area contributed by atoms with E-state index in [1.54, 1.807) is 0 Å². The van der Waals surface area contributed by atoms with Crippen molar-refractivity contribution in [3.63, 3.8) is 0 Å². The molecule has 1 unspecified atom stereocenters. The molecule has 2 nitrogen and oxygen atoms in total. The van der Waals surface area contributed by atoms with Crippen molar-refractivity contribution in [1.29, 1.82) is 0 Å². The van der Waals surface area contributed by atoms with Gasteiger partial charge >= 0.3 is 5.97 Å². The van der Waals surface area contributed by atoms with E-state index in [4.69, 9.17) is 5.11 Å². The minimum atomic E-state index is -0.757. The molecule has 1 atom stereocenters. The van der Waals surface area contributed by atoms with E-state index < -0.39 is 5.97 Å². The SMILES string of the molecule is CC(CC(=O)O)c1cccc(-c2ccccc2)c1. The molecular formula is C16H16O2. The van der Waals surface area contributed by atoms with Crippen molar-refractivity contribution in [3.8, 4) is 11.1 Å². The summed E-state index contributed by atoms with van der Waals surface area (Å²) in [7, 11) is 0. The Hall–Kier alpha value is -2.09. The van der Waals surface area contributed by atoms with Crippen molar-refractivity contribution in [3.05, 3.63) is 60.2 Å². The fourth-order valence-corrected chi connectivity index (χ4v) is 2.04. The van der Waals surface area contributed by atoms with Gasteiger partial charge in [-0.3, -0.25) is 4.79 Å². The van der Waals surface area contributed by atoms with Crippen molar-refractivity contribution in [2.24, 2.45) is 0 Å². The van der Waals surface area contributed by atoms with Crippen molar-refractivity contribution >= 4 is 5.97 Å². The first-order chi connectivity index (χ1) is 8.66. The van der Waals surface area contributed by atoms with E-state index in [1.165, 1.54) is 0 Å². The minimum Gasteiger partial charge on any atom is -0.481 e. The maximum Gasteiger partial charge on any atom is 0.303 e. The molecule has 0 heterocycles. The summed E-state index contributed by atoms with van der Waals surface area (Å²) in [6.07, 6.45) is 0.165. The van der Waals surface area contributed by atoms with E-state index in [1.807, 2.05) is 43.3 Å². The standard InChI is InChI=1S/C16H16O2/c1-12(10-16(17)18)14-8-5-9-15(11-14)13-6-3-2-4-7-13/h2-9,11-12H,10H2,1H3,(H,17,18). The van der Waals surface area contributed by atoms with Crippen LogP contribution < -0.4 is 0 Å². The summed E-state index contributed by atoms with van der Waals surface area (Å²) in [5.41, 5.74) is 3.35. The predicted molar refractivity (Wildman–Crippen MR) is 72.5 cm³/mol. The second-order valence-corrected chi connectivity index (χ2v) is 4.49. The molecule has 0 bridgehead atoms. The predicted octanol–water partition coefficient (Wildman–Crippen LogP) is 3.93. The van der Waals surface area contributed by atoms with E-state index in [2.05, 4.69) is 18.2 Å². The molecule has 1 N–H and O–H groups in total. The van der Waals surface area contributed by atoms with Crippen molar-refractivity contribution in [2.45, 2.75) is 19.3 Å². The van der Waals surface area contributed by atoms with E-state index in [0.29, 0.717) is 0 Å². The molecule has 92 valence electrons. The Morgan fingerprint density at radius 3 is 2.39 bits per heavy atom. The average molecular weight is 240 g/mol. The first kappa shape index (κ1) is 12.4. The first-order valence-corrected chi connectivity index (χ1v) is 6.04. The van der Waals surface area contributed by atoms with Crippen LogP contribution in [0, 0.1) is 0 Å². The molecule has 2 aromatic rings. The van der Waals surface area contributed by atoms with E-state index >= 15 is 0 Å². The van der Waals surface area contributed by atoms with Gasteiger partial charge in [-0.25, -0.2) is 0 Å². The van der Waals surface area contributed by atoms with Crippen LogP contribution in [0.25, 0.3) is 11.1 Å². The van der Waals surface area contributed by atoms with Crippen LogP contribution >= 0.6 is 0 Å². The third kappa shape index (κ3) is 2.98. The van der Waals surface area contributed by atoms with Crippen LogP contribution in [0.1, 0.15) is 24.8 Å². The van der Waals surface area contributed by atoms with E-state index in [9.17, 15) is 4.79 Å². The lowest BCUT2D eigenvalue weighted by Gasteiger charge is -2.11. The Kier molecular flexibility index (Phi) is 3.78. The smallest absolute Gasteiger partial charge is 0.303 e. The quantitative estimate of drug-likeness (QED) is 0.879. The number of carbonyl (C=O) groups is 1. The summed E-state index contributed by atoms with van der Waals surface area (Å²) in [5, 5.41) is 8.83. The Bertz CT molecular complexity index is 532. The van der Waals surface area contributed by atoms with Crippen LogP contribution in [0.4, 0.5) is 0 Å². The van der Waals surface area contributed by atoms with Gasteiger partial charge in [0.05, 0.1) is 6.42 Å². The Morgan fingerprint density at radius 1 is 1.06 bits per heavy atom. The number of carboxylic acids is 1. The molecule has 0 aliphatic rings. The maximum absolute atomic E-state index is 10.7. The van der Waals surface area contributed by atoms with Crippen LogP contribution in [0.2, 0.25) is 0 Å². The van der Waals surface area contributed by atoms with Crippen LogP contribution in [0.5, 0.6) is 0 Å². The Balaban J connectivity index is 2.28. The zero-order chi connectivity index (χ0) is 13.0. The van der Waals surface area contributed by atoms with Gasteiger partial charge in [-0.15, -0.1) is 0 Å². The molecular weight excluding hydrogens is 224 g/mol. The second-order valence-electron chi connectivity index (χ2n) is 4.49. The molecule has 0 fully saturated rings. The van der Waals surface area contributed by atoms with E-state index in [-0.39, 0.29) is 12.3 Å². The van der Waals surface area contributed by atoms with Crippen LogP contribution in [-0.4, -0.2) is 11.1 Å². The number of aliphatic carboxylic acids is 1. The lowest BCUT2D eigenvalue weighted by molar-refractivity contribution is -0.137. The van der Waals surface area contributed by atoms with Crippen molar-refractivity contribution in [2.75, 3.05) is 0 Å². The van der Waals surface area contributed by atoms with Crippen molar-refractivity contribution < 1.29 is 9.90 Å².